The number of hydrogen-bond acceptors (Lipinski definition) is 3. The first kappa shape index (κ1) is 19.4. The van der Waals surface area contributed by atoms with E-state index >= 15 is 0 Å². The van der Waals surface area contributed by atoms with E-state index < -0.39 is 0 Å². The largest absolute Gasteiger partial charge is 0.355 e. The van der Waals surface area contributed by atoms with Gasteiger partial charge in [-0.25, -0.2) is 4.68 Å². The smallest absolute Gasteiger partial charge is 0.251 e. The molecule has 0 aliphatic carbocycles. The summed E-state index contributed by atoms with van der Waals surface area (Å²) >= 11 is 5.90. The Kier molecular flexibility index (Phi) is 6.24. The number of hydrogen-bond donors (Lipinski definition) is 2. The molecular weight excluding hydrogens is 376 g/mol. The summed E-state index contributed by atoms with van der Waals surface area (Å²) in [4.78, 5) is 23.8. The van der Waals surface area contributed by atoms with Gasteiger partial charge in [-0.3, -0.25) is 9.59 Å². The molecule has 0 aliphatic heterocycles. The fourth-order valence-electron chi connectivity index (χ4n) is 2.56. The summed E-state index contributed by atoms with van der Waals surface area (Å²) in [6.07, 6.45) is 4.75. The molecule has 6 nitrogen and oxygen atoms in total. The SMILES string of the molecule is CNC(=O)c1ccc(/C=C/C(=O)Nc2ccnn2Cc2ccc(Cl)cc2)cc1. The molecule has 0 fully saturated rings. The number of nitrogens with zero attached hydrogens (tertiary/aromatic N) is 2. The molecule has 0 saturated carbocycles. The maximum absolute atomic E-state index is 12.2. The van der Waals surface area contributed by atoms with Gasteiger partial charge in [-0.15, -0.1) is 0 Å². The first-order valence-corrected chi connectivity index (χ1v) is 9.00. The Bertz CT molecular complexity index is 992. The average Bonchev–Trinajstić information content (AvgIpc) is 3.14. The minimum absolute atomic E-state index is 0.151. The quantitative estimate of drug-likeness (QED) is 0.627. The Morgan fingerprint density at radius 2 is 1.79 bits per heavy atom. The molecule has 142 valence electrons. The lowest BCUT2D eigenvalue weighted by atomic mass is 10.1. The Labute approximate surface area is 167 Å². The zero-order chi connectivity index (χ0) is 19.9. The van der Waals surface area contributed by atoms with Crippen LogP contribution in [0.2, 0.25) is 5.02 Å². The number of carbonyl (C=O) groups excluding carboxylic acids is 2. The van der Waals surface area contributed by atoms with Crippen molar-refractivity contribution in [2.24, 2.45) is 0 Å². The van der Waals surface area contributed by atoms with Gasteiger partial charge in [0.05, 0.1) is 12.7 Å². The number of carbonyl (C=O) groups is 2. The van der Waals surface area contributed by atoms with Gasteiger partial charge in [0.2, 0.25) is 5.91 Å². The van der Waals surface area contributed by atoms with Gasteiger partial charge in [0.15, 0.2) is 0 Å². The van der Waals surface area contributed by atoms with Gasteiger partial charge in [-0.2, -0.15) is 5.10 Å². The van der Waals surface area contributed by atoms with Crippen LogP contribution in [0.5, 0.6) is 0 Å². The maximum Gasteiger partial charge on any atom is 0.251 e. The molecule has 2 amide bonds. The van der Waals surface area contributed by atoms with E-state index in [2.05, 4.69) is 15.7 Å². The van der Waals surface area contributed by atoms with Crippen LogP contribution in [0.25, 0.3) is 6.08 Å². The molecule has 0 radical (unpaired) electrons. The van der Waals surface area contributed by atoms with Gasteiger partial charge in [-0.05, 0) is 41.5 Å². The second kappa shape index (κ2) is 9.01. The van der Waals surface area contributed by atoms with E-state index in [0.29, 0.717) is 22.9 Å². The predicted octanol–water partition coefficient (Wildman–Crippen LogP) is 3.60. The molecule has 0 spiro atoms. The minimum atomic E-state index is -0.270. The molecule has 2 aromatic carbocycles. The number of nitrogens with one attached hydrogen (secondary N) is 2. The minimum Gasteiger partial charge on any atom is -0.355 e. The first-order valence-electron chi connectivity index (χ1n) is 8.62. The molecule has 3 aromatic rings. The van der Waals surface area contributed by atoms with Crippen molar-refractivity contribution in [2.75, 3.05) is 12.4 Å². The summed E-state index contributed by atoms with van der Waals surface area (Å²) in [6, 6.07) is 16.2. The van der Waals surface area contributed by atoms with Crippen molar-refractivity contribution < 1.29 is 9.59 Å². The van der Waals surface area contributed by atoms with Gasteiger partial charge in [0.25, 0.3) is 5.91 Å². The van der Waals surface area contributed by atoms with Crippen molar-refractivity contribution in [3.63, 3.8) is 0 Å². The zero-order valence-corrected chi connectivity index (χ0v) is 16.0. The predicted molar refractivity (Wildman–Crippen MR) is 110 cm³/mol. The second-order valence-electron chi connectivity index (χ2n) is 6.02. The number of anilines is 1. The van der Waals surface area contributed by atoms with Crippen LogP contribution in [0.3, 0.4) is 0 Å². The molecular formula is C21H19ClN4O2. The molecule has 0 saturated heterocycles. The zero-order valence-electron chi connectivity index (χ0n) is 15.2. The molecule has 3 rings (SSSR count). The highest BCUT2D eigenvalue weighted by atomic mass is 35.5. The Hall–Kier alpha value is -3.38. The van der Waals surface area contributed by atoms with Gasteiger partial charge in [-0.1, -0.05) is 35.9 Å². The molecule has 1 heterocycles. The molecule has 1 aromatic heterocycles. The summed E-state index contributed by atoms with van der Waals surface area (Å²) in [5.74, 6) is 0.176. The van der Waals surface area contributed by atoms with E-state index in [9.17, 15) is 9.59 Å². The molecule has 7 heteroatoms. The van der Waals surface area contributed by atoms with Crippen molar-refractivity contribution in [3.8, 4) is 0 Å². The van der Waals surface area contributed by atoms with E-state index in [0.717, 1.165) is 11.1 Å². The van der Waals surface area contributed by atoms with Crippen LogP contribution in [-0.4, -0.2) is 28.6 Å². The van der Waals surface area contributed by atoms with E-state index in [-0.39, 0.29) is 11.8 Å². The number of halogens is 1. The van der Waals surface area contributed by atoms with Crippen LogP contribution in [-0.2, 0) is 11.3 Å². The van der Waals surface area contributed by atoms with Crippen LogP contribution in [0.15, 0.2) is 66.9 Å². The maximum atomic E-state index is 12.2. The van der Waals surface area contributed by atoms with E-state index in [1.54, 1.807) is 54.3 Å². The van der Waals surface area contributed by atoms with Crippen LogP contribution in [0.1, 0.15) is 21.5 Å². The topological polar surface area (TPSA) is 76.0 Å². The Morgan fingerprint density at radius 1 is 1.07 bits per heavy atom. The van der Waals surface area contributed by atoms with Crippen molar-refractivity contribution in [2.45, 2.75) is 6.54 Å². The van der Waals surface area contributed by atoms with Crippen LogP contribution >= 0.6 is 11.6 Å². The van der Waals surface area contributed by atoms with Crippen LogP contribution < -0.4 is 10.6 Å². The molecule has 0 unspecified atom stereocenters. The Balaban J connectivity index is 1.62. The van der Waals surface area contributed by atoms with Gasteiger partial charge in [0, 0.05) is 29.8 Å². The summed E-state index contributed by atoms with van der Waals surface area (Å²) in [7, 11) is 1.58. The van der Waals surface area contributed by atoms with Gasteiger partial charge < -0.3 is 10.6 Å². The lowest BCUT2D eigenvalue weighted by molar-refractivity contribution is -0.111. The van der Waals surface area contributed by atoms with Crippen molar-refractivity contribution >= 4 is 35.3 Å². The lowest BCUT2D eigenvalue weighted by Crippen LogP contribution is -2.17. The first-order chi connectivity index (χ1) is 13.5. The second-order valence-corrected chi connectivity index (χ2v) is 6.46. The highest BCUT2D eigenvalue weighted by Gasteiger charge is 2.06. The fraction of sp³-hybridized carbons (Fsp3) is 0.0952. The van der Waals surface area contributed by atoms with E-state index in [1.165, 1.54) is 6.08 Å². The lowest BCUT2D eigenvalue weighted by Gasteiger charge is -2.08. The number of amides is 2. The van der Waals surface area contributed by atoms with Crippen molar-refractivity contribution in [1.82, 2.24) is 15.1 Å². The molecule has 0 aliphatic rings. The third-order valence-electron chi connectivity index (χ3n) is 4.04. The Morgan fingerprint density at radius 3 is 2.46 bits per heavy atom. The fourth-order valence-corrected chi connectivity index (χ4v) is 2.68. The van der Waals surface area contributed by atoms with E-state index in [4.69, 9.17) is 11.6 Å². The van der Waals surface area contributed by atoms with Crippen LogP contribution in [0.4, 0.5) is 5.82 Å². The summed E-state index contributed by atoms with van der Waals surface area (Å²) in [5.41, 5.74) is 2.41. The molecule has 2 N–H and O–H groups in total. The highest BCUT2D eigenvalue weighted by Crippen LogP contribution is 2.14. The molecule has 28 heavy (non-hydrogen) atoms. The van der Waals surface area contributed by atoms with Crippen molar-refractivity contribution in [1.29, 1.82) is 0 Å². The number of benzene rings is 2. The van der Waals surface area contributed by atoms with Crippen LogP contribution in [0, 0.1) is 0 Å². The van der Waals surface area contributed by atoms with E-state index in [1.807, 2.05) is 24.3 Å². The standard InChI is InChI=1S/C21H19ClN4O2/c1-23-21(28)17-7-2-15(3-8-17)6-11-20(27)25-19-12-13-24-26(19)14-16-4-9-18(22)10-5-16/h2-13H,14H2,1H3,(H,23,28)(H,25,27)/b11-6+. The third-order valence-corrected chi connectivity index (χ3v) is 4.29. The average molecular weight is 395 g/mol. The molecule has 0 bridgehead atoms. The summed E-state index contributed by atoms with van der Waals surface area (Å²) in [6.45, 7) is 0.518. The van der Waals surface area contributed by atoms with Gasteiger partial charge in [0.1, 0.15) is 5.82 Å². The summed E-state index contributed by atoms with van der Waals surface area (Å²) in [5, 5.41) is 10.3. The summed E-state index contributed by atoms with van der Waals surface area (Å²) < 4.78 is 1.70. The highest BCUT2D eigenvalue weighted by molar-refractivity contribution is 6.30. The number of rotatable bonds is 6. The van der Waals surface area contributed by atoms with Gasteiger partial charge >= 0.3 is 0 Å². The normalized spacial score (nSPS) is 10.8. The molecule has 0 atom stereocenters. The third kappa shape index (κ3) is 5.08. The number of aromatic nitrogens is 2. The monoisotopic (exact) mass is 394 g/mol. The van der Waals surface area contributed by atoms with Crippen molar-refractivity contribution in [3.05, 3.63) is 88.6 Å².